The summed E-state index contributed by atoms with van der Waals surface area (Å²) < 4.78 is 5.97. The number of rotatable bonds is 2. The van der Waals surface area contributed by atoms with Crippen LogP contribution in [0.1, 0.15) is 0 Å². The highest BCUT2D eigenvalue weighted by Crippen LogP contribution is 2.31. The van der Waals surface area contributed by atoms with Gasteiger partial charge >= 0.3 is 0 Å². The molecule has 2 heterocycles. The largest absolute Gasteiger partial charge is 0.456 e. The van der Waals surface area contributed by atoms with Crippen LogP contribution in [0.3, 0.4) is 0 Å². The van der Waals surface area contributed by atoms with E-state index in [1.807, 2.05) is 24.4 Å². The second kappa shape index (κ2) is 5.07. The highest BCUT2D eigenvalue weighted by atomic mass is 28.3. The average Bonchev–Trinajstić information content (AvgIpc) is 2.92. The van der Waals surface area contributed by atoms with Crippen LogP contribution in [0.5, 0.6) is 0 Å². The Balaban J connectivity index is 1.81. The molecule has 0 saturated heterocycles. The summed E-state index contributed by atoms with van der Waals surface area (Å²) in [4.78, 5) is 4.67. The topological polar surface area (TPSA) is 26.0 Å². The summed E-state index contributed by atoms with van der Waals surface area (Å²) >= 11 is 0. The minimum Gasteiger partial charge on any atom is -0.456 e. The highest BCUT2D eigenvalue weighted by Gasteiger charge is 2.16. The van der Waals surface area contributed by atoms with Crippen LogP contribution in [0.25, 0.3) is 33.2 Å². The molecule has 3 heteroatoms. The van der Waals surface area contributed by atoms with E-state index < -0.39 is 8.07 Å². The van der Waals surface area contributed by atoms with E-state index in [-0.39, 0.29) is 0 Å². The van der Waals surface area contributed by atoms with E-state index in [2.05, 4.69) is 61.0 Å². The molecule has 0 fully saturated rings. The summed E-state index contributed by atoms with van der Waals surface area (Å²) in [7, 11) is -1.30. The summed E-state index contributed by atoms with van der Waals surface area (Å²) in [5.74, 6) is 0. The normalized spacial score (nSPS) is 12.1. The van der Waals surface area contributed by atoms with E-state index in [9.17, 15) is 0 Å². The number of furan rings is 1. The molecule has 0 atom stereocenters. The Morgan fingerprint density at radius 3 is 2.35 bits per heavy atom. The van der Waals surface area contributed by atoms with E-state index in [1.54, 1.807) is 0 Å². The summed E-state index contributed by atoms with van der Waals surface area (Å²) in [6.45, 7) is 7.01. The zero-order valence-corrected chi connectivity index (χ0v) is 14.6. The van der Waals surface area contributed by atoms with Crippen molar-refractivity contribution >= 4 is 35.2 Å². The van der Waals surface area contributed by atoms with Gasteiger partial charge in [0.1, 0.15) is 11.2 Å². The lowest BCUT2D eigenvalue weighted by atomic mass is 10.1. The molecular formula is C20H19NOSi. The molecule has 0 aliphatic heterocycles. The average molecular weight is 317 g/mol. The van der Waals surface area contributed by atoms with Crippen molar-refractivity contribution in [3.05, 3.63) is 60.8 Å². The maximum atomic E-state index is 5.97. The molecule has 114 valence electrons. The van der Waals surface area contributed by atoms with Crippen molar-refractivity contribution in [3.8, 4) is 11.3 Å². The van der Waals surface area contributed by atoms with Crippen molar-refractivity contribution in [3.63, 3.8) is 0 Å². The molecule has 0 N–H and O–H groups in total. The third-order valence-corrected chi connectivity index (χ3v) is 6.33. The van der Waals surface area contributed by atoms with Crippen LogP contribution in [0.2, 0.25) is 19.6 Å². The lowest BCUT2D eigenvalue weighted by Crippen LogP contribution is -2.37. The van der Waals surface area contributed by atoms with Crippen LogP contribution in [0.15, 0.2) is 65.2 Å². The van der Waals surface area contributed by atoms with Gasteiger partial charge in [-0.05, 0) is 29.5 Å². The van der Waals surface area contributed by atoms with Crippen molar-refractivity contribution in [2.24, 2.45) is 0 Å². The number of nitrogens with zero attached hydrogens (tertiary/aromatic N) is 1. The molecule has 0 radical (unpaired) electrons. The predicted molar refractivity (Wildman–Crippen MR) is 99.9 cm³/mol. The number of pyridine rings is 1. The molecule has 0 aliphatic carbocycles. The van der Waals surface area contributed by atoms with Gasteiger partial charge in [-0.2, -0.15) is 0 Å². The second-order valence-corrected chi connectivity index (χ2v) is 12.1. The van der Waals surface area contributed by atoms with Gasteiger partial charge in [0, 0.05) is 22.5 Å². The van der Waals surface area contributed by atoms with Crippen LogP contribution in [-0.2, 0) is 0 Å². The first kappa shape index (κ1) is 14.2. The molecule has 0 bridgehead atoms. The zero-order valence-electron chi connectivity index (χ0n) is 13.6. The molecule has 4 rings (SSSR count). The van der Waals surface area contributed by atoms with Crippen molar-refractivity contribution in [2.75, 3.05) is 0 Å². The van der Waals surface area contributed by atoms with Gasteiger partial charge in [0.05, 0.1) is 13.8 Å². The zero-order chi connectivity index (χ0) is 16.0. The van der Waals surface area contributed by atoms with Gasteiger partial charge < -0.3 is 4.42 Å². The quantitative estimate of drug-likeness (QED) is 0.475. The first-order valence-corrected chi connectivity index (χ1v) is 11.4. The molecule has 23 heavy (non-hydrogen) atoms. The Bertz CT molecular complexity index is 994. The summed E-state index contributed by atoms with van der Waals surface area (Å²) in [5.41, 5.74) is 3.94. The number of hydrogen-bond donors (Lipinski definition) is 0. The van der Waals surface area contributed by atoms with E-state index in [1.165, 1.54) is 5.19 Å². The van der Waals surface area contributed by atoms with Crippen LogP contribution < -0.4 is 5.19 Å². The number of para-hydroxylation sites is 1. The van der Waals surface area contributed by atoms with Crippen LogP contribution >= 0.6 is 0 Å². The molecule has 0 saturated carbocycles. The number of benzene rings is 2. The SMILES string of the molecule is C[Si](C)(C)c1ccc(-c2ccc3c(c2)oc2ccccc23)nc1. The Labute approximate surface area is 136 Å². The maximum absolute atomic E-state index is 5.97. The third kappa shape index (κ3) is 2.47. The summed E-state index contributed by atoms with van der Waals surface area (Å²) in [6.07, 6.45) is 2.03. The highest BCUT2D eigenvalue weighted by molar-refractivity contribution is 6.88. The lowest BCUT2D eigenvalue weighted by molar-refractivity contribution is 0.669. The van der Waals surface area contributed by atoms with E-state index >= 15 is 0 Å². The Kier molecular flexibility index (Phi) is 3.13. The van der Waals surface area contributed by atoms with Crippen molar-refractivity contribution in [1.29, 1.82) is 0 Å². The van der Waals surface area contributed by atoms with E-state index in [0.29, 0.717) is 0 Å². The molecule has 0 amide bonds. The minimum absolute atomic E-state index is 0.916. The smallest absolute Gasteiger partial charge is 0.136 e. The first-order valence-electron chi connectivity index (χ1n) is 7.90. The Morgan fingerprint density at radius 1 is 0.826 bits per heavy atom. The van der Waals surface area contributed by atoms with Crippen LogP contribution in [0.4, 0.5) is 0 Å². The van der Waals surface area contributed by atoms with Crippen molar-refractivity contribution in [2.45, 2.75) is 19.6 Å². The Hall–Kier alpha value is -2.39. The summed E-state index contributed by atoms with van der Waals surface area (Å²) in [6, 6.07) is 18.8. The van der Waals surface area contributed by atoms with Gasteiger partial charge in [0.2, 0.25) is 0 Å². The minimum atomic E-state index is -1.30. The van der Waals surface area contributed by atoms with Crippen molar-refractivity contribution in [1.82, 2.24) is 4.98 Å². The number of fused-ring (bicyclic) bond motifs is 3. The van der Waals surface area contributed by atoms with Gasteiger partial charge in [0.25, 0.3) is 0 Å². The van der Waals surface area contributed by atoms with Crippen LogP contribution in [0, 0.1) is 0 Å². The number of hydrogen-bond acceptors (Lipinski definition) is 2. The standard InChI is InChI=1S/C20H19NOSi/c1-23(2,3)15-9-11-18(21-13-15)14-8-10-17-16-6-4-5-7-19(16)22-20(17)12-14/h4-13H,1-3H3. The van der Waals surface area contributed by atoms with E-state index in [4.69, 9.17) is 4.42 Å². The molecule has 2 nitrogen and oxygen atoms in total. The fraction of sp³-hybridized carbons (Fsp3) is 0.150. The Morgan fingerprint density at radius 2 is 1.61 bits per heavy atom. The second-order valence-electron chi connectivity index (χ2n) is 6.99. The predicted octanol–water partition coefficient (Wildman–Crippen LogP) is 5.19. The number of aromatic nitrogens is 1. The van der Waals surface area contributed by atoms with Gasteiger partial charge in [-0.3, -0.25) is 4.98 Å². The monoisotopic (exact) mass is 317 g/mol. The van der Waals surface area contributed by atoms with Gasteiger partial charge in [-0.1, -0.05) is 50.0 Å². The molecule has 2 aromatic carbocycles. The molecule has 0 unspecified atom stereocenters. The van der Waals surface area contributed by atoms with Gasteiger partial charge in [-0.15, -0.1) is 0 Å². The van der Waals surface area contributed by atoms with Crippen LogP contribution in [-0.4, -0.2) is 13.1 Å². The fourth-order valence-corrected chi connectivity index (χ4v) is 3.93. The van der Waals surface area contributed by atoms with Gasteiger partial charge in [-0.25, -0.2) is 0 Å². The molecule has 2 aromatic heterocycles. The lowest BCUT2D eigenvalue weighted by Gasteiger charge is -2.16. The molecular weight excluding hydrogens is 298 g/mol. The molecule has 4 aromatic rings. The van der Waals surface area contributed by atoms with Gasteiger partial charge in [0.15, 0.2) is 0 Å². The summed E-state index contributed by atoms with van der Waals surface area (Å²) in [5, 5.41) is 3.70. The third-order valence-electron chi connectivity index (χ3n) is 4.30. The van der Waals surface area contributed by atoms with Crippen molar-refractivity contribution < 1.29 is 4.42 Å². The maximum Gasteiger partial charge on any atom is 0.136 e. The van der Waals surface area contributed by atoms with E-state index in [0.717, 1.165) is 33.2 Å². The fourth-order valence-electron chi connectivity index (χ4n) is 2.89. The first-order chi connectivity index (χ1) is 11.0. The molecule has 0 spiro atoms. The molecule has 0 aliphatic rings.